The lowest BCUT2D eigenvalue weighted by atomic mass is 9.99. The van der Waals surface area contributed by atoms with Crippen LogP contribution in [0.25, 0.3) is 0 Å². The average Bonchev–Trinajstić information content (AvgIpc) is 1.64. The zero-order valence-corrected chi connectivity index (χ0v) is 5.68. The molecular weight excluding hydrogens is 100 g/mol. The Morgan fingerprint density at radius 2 is 2.12 bits per heavy atom. The van der Waals surface area contributed by atoms with E-state index in [-0.39, 0.29) is 0 Å². The molecule has 1 aliphatic heterocycles. The van der Waals surface area contributed by atoms with Crippen LogP contribution in [0.2, 0.25) is 0 Å². The molecule has 0 aromatic carbocycles. The number of hydrogen-bond acceptors (Lipinski definition) is 1. The lowest BCUT2D eigenvalue weighted by Crippen LogP contribution is -2.20. The molecule has 1 rings (SSSR count). The molecule has 1 heterocycles. The molecule has 1 aliphatic rings. The second-order valence-electron chi connectivity index (χ2n) is 2.81. The molecule has 0 aliphatic carbocycles. The molecule has 8 heavy (non-hydrogen) atoms. The summed E-state index contributed by atoms with van der Waals surface area (Å²) in [6.45, 7) is 5.41. The molecule has 1 heteroatoms. The highest BCUT2D eigenvalue weighted by Crippen LogP contribution is 2.18. The maximum absolute atomic E-state index is 5.35. The van der Waals surface area contributed by atoms with Gasteiger partial charge in [-0.1, -0.05) is 6.92 Å². The highest BCUT2D eigenvalue weighted by molar-refractivity contribution is 4.63. The molecule has 0 aromatic rings. The fourth-order valence-electron chi connectivity index (χ4n) is 1.22. The van der Waals surface area contributed by atoms with Crippen LogP contribution in [0.1, 0.15) is 26.7 Å². The van der Waals surface area contributed by atoms with Crippen LogP contribution in [0.3, 0.4) is 0 Å². The van der Waals surface area contributed by atoms with Crippen LogP contribution in [0.5, 0.6) is 0 Å². The Labute approximate surface area is 51.0 Å². The van der Waals surface area contributed by atoms with E-state index < -0.39 is 0 Å². The van der Waals surface area contributed by atoms with E-state index in [1.807, 2.05) is 0 Å². The van der Waals surface area contributed by atoms with Gasteiger partial charge >= 0.3 is 0 Å². The summed E-state index contributed by atoms with van der Waals surface area (Å²) in [6, 6.07) is 0. The van der Waals surface area contributed by atoms with Gasteiger partial charge in [0.05, 0.1) is 6.10 Å². The minimum Gasteiger partial charge on any atom is -0.378 e. The molecule has 1 unspecified atom stereocenters. The van der Waals surface area contributed by atoms with Gasteiger partial charge in [-0.25, -0.2) is 0 Å². The van der Waals surface area contributed by atoms with E-state index in [4.69, 9.17) is 4.74 Å². The van der Waals surface area contributed by atoms with Crippen molar-refractivity contribution in [2.24, 2.45) is 5.92 Å². The zero-order valence-electron chi connectivity index (χ0n) is 5.68. The summed E-state index contributed by atoms with van der Waals surface area (Å²) in [5.41, 5.74) is 0. The monoisotopic (exact) mass is 114 g/mol. The third-order valence-corrected chi connectivity index (χ3v) is 1.75. The van der Waals surface area contributed by atoms with Crippen LogP contribution in [-0.2, 0) is 4.74 Å². The highest BCUT2D eigenvalue weighted by Gasteiger charge is 2.13. The Morgan fingerprint density at radius 1 is 1.38 bits per heavy atom. The number of rotatable bonds is 0. The maximum Gasteiger partial charge on any atom is 0.0549 e. The normalized spacial score (nSPS) is 39.8. The Bertz CT molecular complexity index is 62.8. The third-order valence-electron chi connectivity index (χ3n) is 1.75. The summed E-state index contributed by atoms with van der Waals surface area (Å²) in [6.07, 6.45) is 3.02. The predicted molar refractivity (Wildman–Crippen MR) is 33.8 cm³/mol. The molecule has 1 saturated heterocycles. The standard InChI is InChI=1S/C7H14O/c1-6-3-4-8-7(2)5-6/h6-7H,3-5H2,1-2H3/t6?,7-/m1/s1. The van der Waals surface area contributed by atoms with Gasteiger partial charge in [-0.3, -0.25) is 0 Å². The largest absolute Gasteiger partial charge is 0.378 e. The Hall–Kier alpha value is -0.0400. The molecule has 48 valence electrons. The first-order chi connectivity index (χ1) is 3.79. The molecule has 0 spiro atoms. The second kappa shape index (κ2) is 2.49. The quantitative estimate of drug-likeness (QED) is 0.466. The first-order valence-electron chi connectivity index (χ1n) is 3.40. The van der Waals surface area contributed by atoms with Crippen LogP contribution in [0.4, 0.5) is 0 Å². The summed E-state index contributed by atoms with van der Waals surface area (Å²) >= 11 is 0. The fourth-order valence-corrected chi connectivity index (χ4v) is 1.22. The van der Waals surface area contributed by atoms with Crippen molar-refractivity contribution in [3.63, 3.8) is 0 Å². The van der Waals surface area contributed by atoms with Gasteiger partial charge in [0.2, 0.25) is 0 Å². The van der Waals surface area contributed by atoms with Crippen molar-refractivity contribution in [1.29, 1.82) is 0 Å². The van der Waals surface area contributed by atoms with Crippen molar-refractivity contribution < 1.29 is 4.74 Å². The van der Waals surface area contributed by atoms with E-state index in [9.17, 15) is 0 Å². The van der Waals surface area contributed by atoms with Crippen LogP contribution in [0.15, 0.2) is 0 Å². The summed E-state index contributed by atoms with van der Waals surface area (Å²) in [4.78, 5) is 0. The van der Waals surface area contributed by atoms with E-state index in [0.29, 0.717) is 6.10 Å². The fraction of sp³-hybridized carbons (Fsp3) is 1.00. The van der Waals surface area contributed by atoms with Gasteiger partial charge in [-0.2, -0.15) is 0 Å². The van der Waals surface area contributed by atoms with Gasteiger partial charge in [-0.05, 0) is 25.7 Å². The molecule has 2 atom stereocenters. The van der Waals surface area contributed by atoms with Gasteiger partial charge in [0.1, 0.15) is 0 Å². The van der Waals surface area contributed by atoms with E-state index >= 15 is 0 Å². The Balaban J connectivity index is 2.23. The molecular formula is C7H14O. The van der Waals surface area contributed by atoms with Crippen LogP contribution in [-0.4, -0.2) is 12.7 Å². The molecule has 0 amide bonds. The topological polar surface area (TPSA) is 9.23 Å². The second-order valence-corrected chi connectivity index (χ2v) is 2.81. The van der Waals surface area contributed by atoms with Crippen molar-refractivity contribution in [2.75, 3.05) is 6.61 Å². The van der Waals surface area contributed by atoms with E-state index in [0.717, 1.165) is 12.5 Å². The SMILES string of the molecule is CC1CCO[C@H](C)C1. The van der Waals surface area contributed by atoms with E-state index in [1.54, 1.807) is 0 Å². The minimum absolute atomic E-state index is 0.513. The molecule has 0 aromatic heterocycles. The zero-order chi connectivity index (χ0) is 5.98. The first-order valence-corrected chi connectivity index (χ1v) is 3.40. The molecule has 0 N–H and O–H groups in total. The molecule has 0 bridgehead atoms. The molecule has 0 saturated carbocycles. The van der Waals surface area contributed by atoms with Crippen LogP contribution >= 0.6 is 0 Å². The van der Waals surface area contributed by atoms with Crippen molar-refractivity contribution in [3.8, 4) is 0 Å². The number of ether oxygens (including phenoxy) is 1. The smallest absolute Gasteiger partial charge is 0.0549 e. The van der Waals surface area contributed by atoms with Crippen LogP contribution < -0.4 is 0 Å². The van der Waals surface area contributed by atoms with Crippen molar-refractivity contribution in [2.45, 2.75) is 32.8 Å². The predicted octanol–water partition coefficient (Wildman–Crippen LogP) is 1.82. The Morgan fingerprint density at radius 3 is 2.50 bits per heavy atom. The van der Waals surface area contributed by atoms with Gasteiger partial charge < -0.3 is 4.74 Å². The van der Waals surface area contributed by atoms with Crippen LogP contribution in [0, 0.1) is 5.92 Å². The van der Waals surface area contributed by atoms with Gasteiger partial charge in [0.25, 0.3) is 0 Å². The summed E-state index contributed by atoms with van der Waals surface area (Å²) in [5, 5.41) is 0. The number of hydrogen-bond donors (Lipinski definition) is 0. The highest BCUT2D eigenvalue weighted by atomic mass is 16.5. The molecule has 1 fully saturated rings. The van der Waals surface area contributed by atoms with Crippen molar-refractivity contribution in [3.05, 3.63) is 0 Å². The van der Waals surface area contributed by atoms with E-state index in [1.165, 1.54) is 12.8 Å². The summed E-state index contributed by atoms with van der Waals surface area (Å²) in [7, 11) is 0. The third kappa shape index (κ3) is 1.48. The maximum atomic E-state index is 5.35. The van der Waals surface area contributed by atoms with E-state index in [2.05, 4.69) is 13.8 Å². The van der Waals surface area contributed by atoms with Gasteiger partial charge in [0.15, 0.2) is 0 Å². The van der Waals surface area contributed by atoms with Crippen molar-refractivity contribution in [1.82, 2.24) is 0 Å². The lowest BCUT2D eigenvalue weighted by molar-refractivity contribution is 0.00682. The minimum atomic E-state index is 0.513. The van der Waals surface area contributed by atoms with Gasteiger partial charge in [-0.15, -0.1) is 0 Å². The van der Waals surface area contributed by atoms with Gasteiger partial charge in [0, 0.05) is 6.61 Å². The molecule has 0 radical (unpaired) electrons. The average molecular weight is 114 g/mol. The summed E-state index contributed by atoms with van der Waals surface area (Å²) in [5.74, 6) is 0.888. The Kier molecular flexibility index (Phi) is 1.90. The lowest BCUT2D eigenvalue weighted by Gasteiger charge is -2.23. The van der Waals surface area contributed by atoms with Crippen molar-refractivity contribution >= 4 is 0 Å². The molecule has 1 nitrogen and oxygen atoms in total. The summed E-state index contributed by atoms with van der Waals surface area (Å²) < 4.78 is 5.35. The first kappa shape index (κ1) is 6.09.